The summed E-state index contributed by atoms with van der Waals surface area (Å²) < 4.78 is 30.7. The molecule has 2 amide bonds. The standard InChI is InChI=1S/C19H30N4O5S/c1-19(2,3)28-18(25)23-13-11-22(12-14-23)10-9-20-17(24)15-7-5-6-8-16(15)21-29(4,26)27/h5-8,21H,9-14H2,1-4H3,(H,20,24). The van der Waals surface area contributed by atoms with Crippen LogP contribution < -0.4 is 10.0 Å². The van der Waals surface area contributed by atoms with Crippen LogP contribution in [0.3, 0.4) is 0 Å². The Hall–Kier alpha value is -2.33. The van der Waals surface area contributed by atoms with E-state index in [4.69, 9.17) is 4.74 Å². The molecule has 2 N–H and O–H groups in total. The molecule has 1 aliphatic heterocycles. The van der Waals surface area contributed by atoms with Crippen LogP contribution in [0.4, 0.5) is 10.5 Å². The third-order valence-electron chi connectivity index (χ3n) is 4.20. The molecule has 0 radical (unpaired) electrons. The molecule has 0 spiro atoms. The molecule has 1 aromatic carbocycles. The van der Waals surface area contributed by atoms with Gasteiger partial charge in [0.2, 0.25) is 10.0 Å². The van der Waals surface area contributed by atoms with Crippen molar-refractivity contribution in [1.82, 2.24) is 15.1 Å². The first-order valence-corrected chi connectivity index (χ1v) is 11.4. The third kappa shape index (κ3) is 7.90. The van der Waals surface area contributed by atoms with E-state index in [0.717, 1.165) is 6.26 Å². The van der Waals surface area contributed by atoms with E-state index in [1.54, 1.807) is 29.2 Å². The quantitative estimate of drug-likeness (QED) is 0.711. The average Bonchev–Trinajstić information content (AvgIpc) is 2.60. The van der Waals surface area contributed by atoms with Crippen LogP contribution in [0.5, 0.6) is 0 Å². The summed E-state index contributed by atoms with van der Waals surface area (Å²) in [6.07, 6.45) is 0.735. The number of benzene rings is 1. The van der Waals surface area contributed by atoms with Crippen LogP contribution >= 0.6 is 0 Å². The molecule has 1 aliphatic rings. The van der Waals surface area contributed by atoms with Gasteiger partial charge in [0.15, 0.2) is 0 Å². The molecule has 0 atom stereocenters. The smallest absolute Gasteiger partial charge is 0.410 e. The lowest BCUT2D eigenvalue weighted by Crippen LogP contribution is -2.51. The van der Waals surface area contributed by atoms with E-state index in [1.807, 2.05) is 20.8 Å². The highest BCUT2D eigenvalue weighted by Crippen LogP contribution is 2.16. The van der Waals surface area contributed by atoms with Crippen LogP contribution in [0.2, 0.25) is 0 Å². The summed E-state index contributed by atoms with van der Waals surface area (Å²) in [5, 5.41) is 2.82. The Labute approximate surface area is 172 Å². The predicted octanol–water partition coefficient (Wildman–Crippen LogP) is 1.34. The number of amides is 2. The summed E-state index contributed by atoms with van der Waals surface area (Å²) in [6.45, 7) is 9.11. The van der Waals surface area contributed by atoms with Crippen LogP contribution in [0.25, 0.3) is 0 Å². The average molecular weight is 427 g/mol. The number of rotatable bonds is 6. The normalized spacial score (nSPS) is 15.7. The number of piperazine rings is 1. The van der Waals surface area contributed by atoms with Crippen molar-refractivity contribution in [1.29, 1.82) is 0 Å². The van der Waals surface area contributed by atoms with Gasteiger partial charge in [-0.3, -0.25) is 14.4 Å². The van der Waals surface area contributed by atoms with Crippen LogP contribution in [-0.4, -0.2) is 81.3 Å². The van der Waals surface area contributed by atoms with E-state index in [9.17, 15) is 18.0 Å². The summed E-state index contributed by atoms with van der Waals surface area (Å²) in [5.41, 5.74) is 0.00644. The number of nitrogens with zero attached hydrogens (tertiary/aromatic N) is 2. The lowest BCUT2D eigenvalue weighted by Gasteiger charge is -2.35. The summed E-state index contributed by atoms with van der Waals surface area (Å²) in [5.74, 6) is -0.343. The lowest BCUT2D eigenvalue weighted by molar-refractivity contribution is 0.0147. The topological polar surface area (TPSA) is 108 Å². The molecule has 1 heterocycles. The first-order valence-electron chi connectivity index (χ1n) is 9.50. The maximum Gasteiger partial charge on any atom is 0.410 e. The molecule has 29 heavy (non-hydrogen) atoms. The Morgan fingerprint density at radius 1 is 1.10 bits per heavy atom. The van der Waals surface area contributed by atoms with Crippen molar-refractivity contribution in [2.75, 3.05) is 50.2 Å². The zero-order valence-electron chi connectivity index (χ0n) is 17.4. The Balaban J connectivity index is 1.79. The molecule has 0 bridgehead atoms. The summed E-state index contributed by atoms with van der Waals surface area (Å²) in [7, 11) is -3.48. The fraction of sp³-hybridized carbons (Fsp3) is 0.579. The fourth-order valence-corrected chi connectivity index (χ4v) is 3.45. The Kier molecular flexibility index (Phi) is 7.48. The van der Waals surface area contributed by atoms with Gasteiger partial charge in [-0.1, -0.05) is 12.1 Å². The van der Waals surface area contributed by atoms with Crippen LogP contribution in [0.15, 0.2) is 24.3 Å². The highest BCUT2D eigenvalue weighted by Gasteiger charge is 2.25. The molecule has 0 saturated carbocycles. The van der Waals surface area contributed by atoms with Crippen molar-refractivity contribution in [3.63, 3.8) is 0 Å². The molecular weight excluding hydrogens is 396 g/mol. The number of carbonyl (C=O) groups is 2. The molecule has 162 valence electrons. The molecule has 10 heteroatoms. The van der Waals surface area contributed by atoms with Crippen molar-refractivity contribution in [2.24, 2.45) is 0 Å². The maximum absolute atomic E-state index is 12.4. The number of ether oxygens (including phenoxy) is 1. The molecule has 2 rings (SSSR count). The zero-order chi connectivity index (χ0) is 21.7. The van der Waals surface area contributed by atoms with Crippen molar-refractivity contribution >= 4 is 27.7 Å². The van der Waals surface area contributed by atoms with Gasteiger partial charge in [-0.25, -0.2) is 13.2 Å². The van der Waals surface area contributed by atoms with Gasteiger partial charge in [-0.2, -0.15) is 0 Å². The second-order valence-corrected chi connectivity index (χ2v) is 9.73. The van der Waals surface area contributed by atoms with Gasteiger partial charge in [0.25, 0.3) is 5.91 Å². The highest BCUT2D eigenvalue weighted by molar-refractivity contribution is 7.92. The van der Waals surface area contributed by atoms with Gasteiger partial charge in [-0.05, 0) is 32.9 Å². The summed E-state index contributed by atoms with van der Waals surface area (Å²) in [4.78, 5) is 28.4. The number of sulfonamides is 1. The Bertz CT molecular complexity index is 827. The SMILES string of the molecule is CC(C)(C)OC(=O)N1CCN(CCNC(=O)c2ccccc2NS(C)(=O)=O)CC1. The minimum absolute atomic E-state index is 0.249. The Morgan fingerprint density at radius 2 is 1.72 bits per heavy atom. The first-order chi connectivity index (χ1) is 13.4. The van der Waals surface area contributed by atoms with Crippen LogP contribution in [0, 0.1) is 0 Å². The van der Waals surface area contributed by atoms with Gasteiger partial charge < -0.3 is 15.0 Å². The molecular formula is C19H30N4O5S. The predicted molar refractivity (Wildman–Crippen MR) is 111 cm³/mol. The van der Waals surface area contributed by atoms with Gasteiger partial charge in [0, 0.05) is 39.3 Å². The maximum atomic E-state index is 12.4. The van der Waals surface area contributed by atoms with E-state index in [-0.39, 0.29) is 23.3 Å². The number of hydrogen-bond donors (Lipinski definition) is 2. The summed E-state index contributed by atoms with van der Waals surface area (Å²) in [6, 6.07) is 6.46. The van der Waals surface area contributed by atoms with E-state index in [2.05, 4.69) is 14.9 Å². The van der Waals surface area contributed by atoms with E-state index in [1.165, 1.54) is 0 Å². The van der Waals surface area contributed by atoms with E-state index < -0.39 is 15.6 Å². The minimum Gasteiger partial charge on any atom is -0.444 e. The van der Waals surface area contributed by atoms with Gasteiger partial charge in [0.1, 0.15) is 5.60 Å². The van der Waals surface area contributed by atoms with Crippen molar-refractivity contribution in [3.05, 3.63) is 29.8 Å². The second-order valence-electron chi connectivity index (χ2n) is 7.98. The molecule has 1 saturated heterocycles. The largest absolute Gasteiger partial charge is 0.444 e. The first kappa shape index (κ1) is 23.0. The second kappa shape index (κ2) is 9.45. The molecule has 0 aromatic heterocycles. The number of anilines is 1. The van der Waals surface area contributed by atoms with Crippen LogP contribution in [0.1, 0.15) is 31.1 Å². The highest BCUT2D eigenvalue weighted by atomic mass is 32.2. The third-order valence-corrected chi connectivity index (χ3v) is 4.80. The molecule has 0 unspecified atom stereocenters. The Morgan fingerprint density at radius 3 is 2.31 bits per heavy atom. The molecule has 1 fully saturated rings. The van der Waals surface area contributed by atoms with Crippen LogP contribution in [-0.2, 0) is 14.8 Å². The lowest BCUT2D eigenvalue weighted by atomic mass is 10.1. The number of hydrogen-bond acceptors (Lipinski definition) is 6. The van der Waals surface area contributed by atoms with Crippen molar-refractivity contribution in [2.45, 2.75) is 26.4 Å². The molecule has 1 aromatic rings. The minimum atomic E-state index is -3.48. The number of carbonyl (C=O) groups excluding carboxylic acids is 2. The molecule has 0 aliphatic carbocycles. The van der Waals surface area contributed by atoms with Gasteiger partial charge in [-0.15, -0.1) is 0 Å². The molecule has 9 nitrogen and oxygen atoms in total. The summed E-state index contributed by atoms with van der Waals surface area (Å²) >= 11 is 0. The van der Waals surface area contributed by atoms with Crippen molar-refractivity contribution in [3.8, 4) is 0 Å². The monoisotopic (exact) mass is 426 g/mol. The van der Waals surface area contributed by atoms with Gasteiger partial charge in [0.05, 0.1) is 17.5 Å². The van der Waals surface area contributed by atoms with E-state index >= 15 is 0 Å². The van der Waals surface area contributed by atoms with Gasteiger partial charge >= 0.3 is 6.09 Å². The van der Waals surface area contributed by atoms with E-state index in [0.29, 0.717) is 39.3 Å². The van der Waals surface area contributed by atoms with Crippen molar-refractivity contribution < 1.29 is 22.7 Å². The number of nitrogens with one attached hydrogen (secondary N) is 2. The number of para-hydroxylation sites is 1. The zero-order valence-corrected chi connectivity index (χ0v) is 18.2. The fourth-order valence-electron chi connectivity index (χ4n) is 2.87.